The van der Waals surface area contributed by atoms with Gasteiger partial charge in [0.15, 0.2) is 0 Å². The molecular formula is C14H23NO3. The van der Waals surface area contributed by atoms with Crippen LogP contribution < -0.4 is 5.32 Å². The van der Waals surface area contributed by atoms with Gasteiger partial charge < -0.3 is 19.9 Å². The predicted octanol–water partition coefficient (Wildman–Crippen LogP) is 0.539. The molecule has 0 radical (unpaired) electrons. The van der Waals surface area contributed by atoms with Crippen LogP contribution in [0.5, 0.6) is 0 Å². The summed E-state index contributed by atoms with van der Waals surface area (Å²) in [4.78, 5) is 0. The maximum absolute atomic E-state index is 10.5. The summed E-state index contributed by atoms with van der Waals surface area (Å²) in [6, 6.07) is 0.463. The van der Waals surface area contributed by atoms with Crippen molar-refractivity contribution in [1.82, 2.24) is 5.32 Å². The van der Waals surface area contributed by atoms with Gasteiger partial charge in [-0.05, 0) is 37.5 Å². The number of fused-ring (bicyclic) bond motifs is 1. The molecule has 2 saturated heterocycles. The number of ether oxygens (including phenoxy) is 2. The Bertz CT molecular complexity index is 348. The highest BCUT2D eigenvalue weighted by atomic mass is 16.5. The van der Waals surface area contributed by atoms with Crippen molar-refractivity contribution in [2.24, 2.45) is 17.8 Å². The number of rotatable bonds is 3. The van der Waals surface area contributed by atoms with Crippen molar-refractivity contribution in [2.45, 2.75) is 50.0 Å². The van der Waals surface area contributed by atoms with Crippen molar-refractivity contribution in [3.05, 3.63) is 0 Å². The Morgan fingerprint density at radius 3 is 2.94 bits per heavy atom. The van der Waals surface area contributed by atoms with Crippen LogP contribution in [-0.4, -0.2) is 48.7 Å². The third-order valence-electron chi connectivity index (χ3n) is 5.88. The summed E-state index contributed by atoms with van der Waals surface area (Å²) in [5.41, 5.74) is -0.681. The number of aliphatic hydroxyl groups is 1. The lowest BCUT2D eigenvalue weighted by atomic mass is 9.86. The highest BCUT2D eigenvalue weighted by Gasteiger charge is 2.57. The van der Waals surface area contributed by atoms with Gasteiger partial charge in [-0.2, -0.15) is 0 Å². The molecule has 4 fully saturated rings. The lowest BCUT2D eigenvalue weighted by Gasteiger charge is -2.33. The van der Waals surface area contributed by atoms with Crippen molar-refractivity contribution in [2.75, 3.05) is 19.8 Å². The number of hydrogen-bond donors (Lipinski definition) is 2. The molecule has 0 aromatic heterocycles. The Balaban J connectivity index is 1.41. The fourth-order valence-electron chi connectivity index (χ4n) is 4.67. The van der Waals surface area contributed by atoms with Crippen molar-refractivity contribution < 1.29 is 14.6 Å². The normalized spacial score (nSPS) is 57.7. The van der Waals surface area contributed by atoms with Crippen LogP contribution in [0.4, 0.5) is 0 Å². The molecule has 4 aliphatic rings. The van der Waals surface area contributed by atoms with E-state index in [1.807, 2.05) is 6.92 Å². The quantitative estimate of drug-likeness (QED) is 0.771. The summed E-state index contributed by atoms with van der Waals surface area (Å²) in [6.45, 7) is 4.26. The minimum absolute atomic E-state index is 0.0548. The SMILES string of the molecule is CC1OCCC1(O)CNC1[C@@H]2C[C@@H]3CO[C@H]1[C@H]3C2. The van der Waals surface area contributed by atoms with Crippen LogP contribution in [0.1, 0.15) is 26.2 Å². The van der Waals surface area contributed by atoms with Crippen LogP contribution in [0.2, 0.25) is 0 Å². The zero-order valence-corrected chi connectivity index (χ0v) is 11.0. The standard InChI is InChI=1S/C14H23NO3/c1-8-14(16,2-3-17-8)7-15-12-9-4-10-6-18-13(12)11(10)5-9/h8-13,15-16H,2-7H2,1H3/t8?,9-,10-,11+,12?,13+,14?/m1/s1. The molecule has 0 spiro atoms. The lowest BCUT2D eigenvalue weighted by Crippen LogP contribution is -2.52. The second-order valence-electron chi connectivity index (χ2n) is 6.73. The van der Waals surface area contributed by atoms with Crippen LogP contribution in [0.3, 0.4) is 0 Å². The topological polar surface area (TPSA) is 50.7 Å². The van der Waals surface area contributed by atoms with Crippen molar-refractivity contribution in [1.29, 1.82) is 0 Å². The highest BCUT2D eigenvalue weighted by molar-refractivity contribution is 5.09. The summed E-state index contributed by atoms with van der Waals surface area (Å²) in [5.74, 6) is 2.39. The van der Waals surface area contributed by atoms with Gasteiger partial charge in [0.25, 0.3) is 0 Å². The molecule has 0 aromatic rings. The predicted molar refractivity (Wildman–Crippen MR) is 66.2 cm³/mol. The maximum Gasteiger partial charge on any atom is 0.105 e. The molecule has 7 atom stereocenters. The van der Waals surface area contributed by atoms with Crippen molar-refractivity contribution in [3.63, 3.8) is 0 Å². The van der Waals surface area contributed by atoms with E-state index in [2.05, 4.69) is 5.32 Å². The average Bonchev–Trinajstić information content (AvgIpc) is 3.01. The van der Waals surface area contributed by atoms with Gasteiger partial charge in [0, 0.05) is 25.6 Å². The molecule has 18 heavy (non-hydrogen) atoms. The molecule has 2 aliphatic heterocycles. The first-order valence-corrected chi connectivity index (χ1v) is 7.36. The van der Waals surface area contributed by atoms with Gasteiger partial charge >= 0.3 is 0 Å². The van der Waals surface area contributed by atoms with Gasteiger partial charge in [-0.3, -0.25) is 0 Å². The monoisotopic (exact) mass is 253 g/mol. The Kier molecular flexibility index (Phi) is 2.54. The third kappa shape index (κ3) is 1.52. The maximum atomic E-state index is 10.5. The molecule has 4 heteroatoms. The van der Waals surface area contributed by atoms with Gasteiger partial charge in [-0.25, -0.2) is 0 Å². The Morgan fingerprint density at radius 1 is 1.28 bits per heavy atom. The van der Waals surface area contributed by atoms with Crippen LogP contribution >= 0.6 is 0 Å². The number of hydrogen-bond acceptors (Lipinski definition) is 4. The van der Waals surface area contributed by atoms with E-state index < -0.39 is 5.60 Å². The van der Waals surface area contributed by atoms with Gasteiger partial charge in [0.1, 0.15) is 5.60 Å². The van der Waals surface area contributed by atoms with E-state index in [0.717, 1.165) is 30.8 Å². The molecule has 0 aromatic carbocycles. The summed E-state index contributed by atoms with van der Waals surface area (Å²) in [5, 5.41) is 14.1. The third-order valence-corrected chi connectivity index (χ3v) is 5.88. The molecule has 0 amide bonds. The van der Waals surface area contributed by atoms with Gasteiger partial charge in [0.05, 0.1) is 18.8 Å². The Hall–Kier alpha value is -0.160. The van der Waals surface area contributed by atoms with E-state index in [1.54, 1.807) is 0 Å². The minimum atomic E-state index is -0.681. The van der Waals surface area contributed by atoms with E-state index in [4.69, 9.17) is 9.47 Å². The molecule has 102 valence electrons. The molecule has 2 N–H and O–H groups in total. The molecular weight excluding hydrogens is 230 g/mol. The zero-order chi connectivity index (χ0) is 12.3. The summed E-state index contributed by atoms with van der Waals surface area (Å²) in [7, 11) is 0. The van der Waals surface area contributed by atoms with Gasteiger partial charge in [-0.15, -0.1) is 0 Å². The fraction of sp³-hybridized carbons (Fsp3) is 1.00. The van der Waals surface area contributed by atoms with Gasteiger partial charge in [0.2, 0.25) is 0 Å². The Morgan fingerprint density at radius 2 is 2.17 bits per heavy atom. The van der Waals surface area contributed by atoms with E-state index in [1.165, 1.54) is 12.8 Å². The summed E-state index contributed by atoms with van der Waals surface area (Å²) >= 11 is 0. The number of nitrogens with one attached hydrogen (secondary N) is 1. The molecule has 4 nitrogen and oxygen atoms in total. The first-order chi connectivity index (χ1) is 8.67. The lowest BCUT2D eigenvalue weighted by molar-refractivity contribution is -0.0322. The molecule has 2 heterocycles. The Labute approximate surface area is 108 Å². The molecule has 3 unspecified atom stereocenters. The van der Waals surface area contributed by atoms with Crippen LogP contribution in [-0.2, 0) is 9.47 Å². The smallest absolute Gasteiger partial charge is 0.105 e. The van der Waals surface area contributed by atoms with Gasteiger partial charge in [-0.1, -0.05) is 0 Å². The molecule has 2 saturated carbocycles. The first-order valence-electron chi connectivity index (χ1n) is 7.36. The van der Waals surface area contributed by atoms with Crippen LogP contribution in [0.15, 0.2) is 0 Å². The second-order valence-corrected chi connectivity index (χ2v) is 6.73. The second kappa shape index (κ2) is 3.92. The summed E-state index contributed by atoms with van der Waals surface area (Å²) < 4.78 is 11.4. The van der Waals surface area contributed by atoms with E-state index in [9.17, 15) is 5.11 Å². The largest absolute Gasteiger partial charge is 0.386 e. The fourth-order valence-corrected chi connectivity index (χ4v) is 4.67. The molecule has 2 aliphatic carbocycles. The van der Waals surface area contributed by atoms with Crippen molar-refractivity contribution in [3.8, 4) is 0 Å². The van der Waals surface area contributed by atoms with Crippen LogP contribution in [0.25, 0.3) is 0 Å². The average molecular weight is 253 g/mol. The highest BCUT2D eigenvalue weighted by Crippen LogP contribution is 2.53. The minimum Gasteiger partial charge on any atom is -0.386 e. The molecule has 4 rings (SSSR count). The zero-order valence-electron chi connectivity index (χ0n) is 11.0. The van der Waals surface area contributed by atoms with Crippen LogP contribution in [0, 0.1) is 17.8 Å². The van der Waals surface area contributed by atoms with Crippen molar-refractivity contribution >= 4 is 0 Å². The first kappa shape index (κ1) is 11.6. The molecule has 2 bridgehead atoms. The van der Waals surface area contributed by atoms with E-state index in [0.29, 0.717) is 25.3 Å². The van der Waals surface area contributed by atoms with E-state index >= 15 is 0 Å². The summed E-state index contributed by atoms with van der Waals surface area (Å²) in [6.07, 6.45) is 3.76. The van der Waals surface area contributed by atoms with E-state index in [-0.39, 0.29) is 6.10 Å².